The summed E-state index contributed by atoms with van der Waals surface area (Å²) in [5.41, 5.74) is 39.2. The van der Waals surface area contributed by atoms with Crippen molar-refractivity contribution in [2.45, 2.75) is 19.3 Å². The van der Waals surface area contributed by atoms with Crippen LogP contribution in [0.2, 0.25) is 0 Å². The minimum absolute atomic E-state index is 0.247. The Balaban J connectivity index is 0.000000110. The topological polar surface area (TPSA) is 72.2 Å². The molecule has 138 heavy (non-hydrogen) atoms. The van der Waals surface area contributed by atoms with Gasteiger partial charge in [0, 0.05) is 115 Å². The summed E-state index contributed by atoms with van der Waals surface area (Å²) in [5, 5.41) is 7.45. The van der Waals surface area contributed by atoms with E-state index in [-0.39, 0.29) is 5.41 Å². The molecule has 0 unspecified atom stereocenters. The number of aromatic nitrogens is 5. The largest absolute Gasteiger partial charge is 0.455 e. The number of rotatable bonds is 9. The Hall–Kier alpha value is -17.8. The van der Waals surface area contributed by atoms with Gasteiger partial charge in [-0.25, -0.2) is 4.98 Å². The van der Waals surface area contributed by atoms with Gasteiger partial charge in [0.05, 0.1) is 39.5 Å². The fourth-order valence-corrected chi connectivity index (χ4v) is 22.9. The Morgan fingerprint density at radius 2 is 0.732 bits per heavy atom. The molecule has 8 nitrogen and oxygen atoms in total. The molecule has 0 amide bonds. The Morgan fingerprint density at radius 3 is 1.38 bits per heavy atom. The van der Waals surface area contributed by atoms with Crippen molar-refractivity contribution >= 4 is 98.5 Å². The monoisotopic (exact) mass is 1780 g/mol. The lowest BCUT2D eigenvalue weighted by Crippen LogP contribution is -2.19. The molecule has 1 aliphatic carbocycles. The molecule has 0 N–H and O–H groups in total. The number of nitrogens with zero attached hydrogens (tertiary/aromatic N) is 7. The second-order valence-corrected chi connectivity index (χ2v) is 37.2. The van der Waals surface area contributed by atoms with Crippen LogP contribution in [-0.4, -0.2) is 24.5 Å². The molecule has 0 saturated heterocycles. The fraction of sp³-hybridized carbons (Fsp3) is 0.0233. The van der Waals surface area contributed by atoms with Gasteiger partial charge in [-0.15, -0.1) is 11.3 Å². The summed E-state index contributed by atoms with van der Waals surface area (Å²) in [7, 11) is 0. The predicted octanol–water partition coefficient (Wildman–Crippen LogP) is 35.2. The number of hydrogen-bond donors (Lipinski definition) is 0. The summed E-state index contributed by atoms with van der Waals surface area (Å²) in [5.74, 6) is 3.55. The van der Waals surface area contributed by atoms with Crippen LogP contribution in [0.5, 0.6) is 11.5 Å². The van der Waals surface area contributed by atoms with Crippen LogP contribution in [0.4, 0.5) is 34.4 Å². The Bertz CT molecular complexity index is 8830. The van der Waals surface area contributed by atoms with Gasteiger partial charge < -0.3 is 14.2 Å². The molecule has 0 spiro atoms. The van der Waals surface area contributed by atoms with Crippen molar-refractivity contribution in [3.05, 3.63) is 491 Å². The molecule has 648 valence electrons. The van der Waals surface area contributed by atoms with Gasteiger partial charge in [-0.05, 0) is 168 Å². The zero-order chi connectivity index (χ0) is 91.5. The van der Waals surface area contributed by atoms with Gasteiger partial charge in [0.15, 0.2) is 11.6 Å². The fourth-order valence-electron chi connectivity index (χ4n) is 21.7. The Morgan fingerprint density at radius 1 is 0.268 bits per heavy atom. The molecule has 0 fully saturated rings. The zero-order valence-electron chi connectivity index (χ0n) is 75.6. The van der Waals surface area contributed by atoms with Crippen LogP contribution < -0.4 is 14.5 Å². The average Bonchev–Trinajstić information content (AvgIpc) is 1.54. The molecule has 7 heterocycles. The van der Waals surface area contributed by atoms with Gasteiger partial charge in [0.2, 0.25) is 5.95 Å². The predicted molar refractivity (Wildman–Crippen MR) is 575 cm³/mol. The molecule has 4 aliphatic rings. The number of pyridine rings is 1. The van der Waals surface area contributed by atoms with E-state index in [1.165, 1.54) is 142 Å². The van der Waals surface area contributed by atoms with E-state index in [2.05, 4.69) is 489 Å². The molecule has 0 atom stereocenters. The third-order valence-corrected chi connectivity index (χ3v) is 29.2. The molecule has 24 aromatic rings. The van der Waals surface area contributed by atoms with Crippen molar-refractivity contribution < 1.29 is 4.74 Å². The van der Waals surface area contributed by atoms with E-state index in [4.69, 9.17) is 24.7 Å². The molecule has 3 aliphatic heterocycles. The third kappa shape index (κ3) is 13.6. The van der Waals surface area contributed by atoms with E-state index in [0.29, 0.717) is 17.6 Å². The second-order valence-electron chi connectivity index (χ2n) is 36.1. The van der Waals surface area contributed by atoms with Crippen molar-refractivity contribution in [2.75, 3.05) is 9.80 Å². The molecule has 0 bridgehead atoms. The number of benzene rings is 20. The van der Waals surface area contributed by atoms with Crippen molar-refractivity contribution in [1.29, 1.82) is 0 Å². The molecular formula is C129H85N7OS. The molecule has 20 aromatic carbocycles. The van der Waals surface area contributed by atoms with Crippen LogP contribution in [0.25, 0.3) is 204 Å². The van der Waals surface area contributed by atoms with Gasteiger partial charge in [-0.1, -0.05) is 408 Å². The number of fused-ring (bicyclic) bond motifs is 28. The molecular weight excluding hydrogens is 1700 g/mol. The summed E-state index contributed by atoms with van der Waals surface area (Å²) in [6, 6.07) is 169. The van der Waals surface area contributed by atoms with Gasteiger partial charge in [0.1, 0.15) is 11.5 Å². The third-order valence-electron chi connectivity index (χ3n) is 28.0. The van der Waals surface area contributed by atoms with E-state index in [1.807, 2.05) is 29.7 Å². The quantitative estimate of drug-likeness (QED) is 0.143. The zero-order valence-corrected chi connectivity index (χ0v) is 76.4. The Kier molecular flexibility index (Phi) is 19.6. The average molecular weight is 1780 g/mol. The number of para-hydroxylation sites is 5. The molecule has 28 rings (SSSR count). The van der Waals surface area contributed by atoms with Gasteiger partial charge in [-0.3, -0.25) is 9.88 Å². The van der Waals surface area contributed by atoms with Gasteiger partial charge in [0.25, 0.3) is 0 Å². The van der Waals surface area contributed by atoms with Crippen LogP contribution in [0.15, 0.2) is 479 Å². The molecule has 0 radical (unpaired) electrons. The maximum absolute atomic E-state index is 6.95. The lowest BCUT2D eigenvalue weighted by atomic mass is 9.77. The summed E-state index contributed by atoms with van der Waals surface area (Å²) >= 11 is 1.89. The highest BCUT2D eigenvalue weighted by Crippen LogP contribution is 2.62. The normalized spacial score (nSPS) is 12.5. The summed E-state index contributed by atoms with van der Waals surface area (Å²) in [4.78, 5) is 25.5. The summed E-state index contributed by atoms with van der Waals surface area (Å²) in [6.07, 6.45) is 1.90. The van der Waals surface area contributed by atoms with E-state index >= 15 is 0 Å². The highest BCUT2D eigenvalue weighted by atomic mass is 32.1. The molecule has 4 aromatic heterocycles. The number of thiophene rings is 1. The van der Waals surface area contributed by atoms with Gasteiger partial charge in [-0.2, -0.15) is 9.97 Å². The minimum atomic E-state index is -0.247. The number of hydrogen-bond acceptors (Lipinski definition) is 8. The van der Waals surface area contributed by atoms with Crippen molar-refractivity contribution in [3.8, 4) is 162 Å². The van der Waals surface area contributed by atoms with E-state index in [9.17, 15) is 0 Å². The van der Waals surface area contributed by atoms with Crippen LogP contribution in [-0.2, 0) is 5.41 Å². The van der Waals surface area contributed by atoms with Crippen LogP contribution in [0.3, 0.4) is 0 Å². The maximum Gasteiger partial charge on any atom is 0.238 e. The second kappa shape index (κ2) is 33.5. The number of ether oxygens (including phenoxy) is 1. The van der Waals surface area contributed by atoms with Crippen LogP contribution >= 0.6 is 11.3 Å². The standard InChI is InChI=1S/C54H38N4.C39H24N2S.C36H23NO/c1-54(2)46-23-13-11-20-42(46)45-33-34-48-49(50(45)54)44-22-10-9-19-41(44)43-21-12-14-24-47(43)58(48)53-56-51(39-29-25-37(26-30-39)35-15-5-3-6-16-35)55-52(57-53)40-31-27-38(28-32-40)36-17-7-4-8-18-36;1-2-10-28-25(9-1)23-24-40-38(28)26-17-19-27(20-18-26)41-34-15-7-5-12-30(34)29-11-3-4-14-32(29)37-35(41)22-21-33-31-13-6-8-16-36(31)42-39(33)37;1-3-12-24(13-4-1)26-19-11-20-31-27-16-7-8-18-29(27)34-33(38-36(26)31)23-22-30-28-17-9-10-21-32(28)37(35(30)34)25-14-5-2-6-15-25/h3-34H,1-2H3;1-24H;1-23H. The Labute approximate surface area is 804 Å². The highest BCUT2D eigenvalue weighted by Gasteiger charge is 2.42. The summed E-state index contributed by atoms with van der Waals surface area (Å²) < 4.78 is 12.0. The van der Waals surface area contributed by atoms with Crippen LogP contribution in [0, 0.1) is 0 Å². The van der Waals surface area contributed by atoms with Crippen molar-refractivity contribution in [1.82, 2.24) is 24.5 Å². The van der Waals surface area contributed by atoms with E-state index < -0.39 is 0 Å². The van der Waals surface area contributed by atoms with E-state index in [0.717, 1.165) is 101 Å². The van der Waals surface area contributed by atoms with Gasteiger partial charge >= 0.3 is 0 Å². The minimum Gasteiger partial charge on any atom is -0.455 e. The smallest absolute Gasteiger partial charge is 0.238 e. The first-order valence-electron chi connectivity index (χ1n) is 47.1. The molecule has 0 saturated carbocycles. The maximum atomic E-state index is 6.95. The lowest BCUT2D eigenvalue weighted by Gasteiger charge is -2.30. The number of anilines is 6. The summed E-state index contributed by atoms with van der Waals surface area (Å²) in [6.45, 7) is 4.72. The van der Waals surface area contributed by atoms with Crippen molar-refractivity contribution in [2.24, 2.45) is 0 Å². The van der Waals surface area contributed by atoms with Crippen LogP contribution in [0.1, 0.15) is 25.0 Å². The first-order valence-corrected chi connectivity index (χ1v) is 47.9. The molecule has 9 heteroatoms. The van der Waals surface area contributed by atoms with Crippen molar-refractivity contribution in [3.63, 3.8) is 0 Å². The van der Waals surface area contributed by atoms with E-state index in [1.54, 1.807) is 0 Å². The highest BCUT2D eigenvalue weighted by molar-refractivity contribution is 7.26. The first-order chi connectivity index (χ1) is 68.3. The lowest BCUT2D eigenvalue weighted by molar-refractivity contribution is 0.490. The SMILES string of the molecule is CC1(C)c2ccccc2-c2ccc3c(c21)-c1ccccc1-c1ccccc1N3c1nc(-c2ccc(-c3ccccc3)cc2)nc(-c2ccc(-c3ccccc3)cc2)n1.c1ccc(-c2cccc3c2Oc2ccc4c5ccccc5n(-c5ccccc5)c4c2-c2ccccc2-3)cc1.c1ccc2c(c1)-c1ccccc1N(c1ccc(-c3nccc4ccccc34)cc1)c1ccc3c(sc4ccccc43)c1-2. The first kappa shape index (κ1) is 81.0.